The van der Waals surface area contributed by atoms with Gasteiger partial charge >= 0.3 is 0 Å². The lowest BCUT2D eigenvalue weighted by atomic mass is 10.1. The van der Waals surface area contributed by atoms with Crippen LogP contribution in [0.15, 0.2) is 42.5 Å². The standard InChI is InChI=1S/C16H13N/c1-2-3-7-12-8-6-10-14-13-9-4-5-11-15(13)17-16(12)14/h4-6,8-11,17H,7H2,1H3. The van der Waals surface area contributed by atoms with Crippen molar-refractivity contribution in [2.45, 2.75) is 13.3 Å². The van der Waals surface area contributed by atoms with E-state index in [0.717, 1.165) is 6.42 Å². The Balaban J connectivity index is 2.34. The summed E-state index contributed by atoms with van der Waals surface area (Å²) in [5.41, 5.74) is 3.68. The minimum Gasteiger partial charge on any atom is -0.354 e. The third-order valence-electron chi connectivity index (χ3n) is 3.08. The van der Waals surface area contributed by atoms with E-state index in [1.165, 1.54) is 27.4 Å². The van der Waals surface area contributed by atoms with Crippen LogP contribution in [0.4, 0.5) is 0 Å². The quantitative estimate of drug-likeness (QED) is 0.598. The van der Waals surface area contributed by atoms with Crippen molar-refractivity contribution in [2.75, 3.05) is 0 Å². The summed E-state index contributed by atoms with van der Waals surface area (Å²) in [4.78, 5) is 3.49. The van der Waals surface area contributed by atoms with Crippen LogP contribution in [0.1, 0.15) is 12.5 Å². The minimum atomic E-state index is 0.806. The summed E-state index contributed by atoms with van der Waals surface area (Å²) in [6.45, 7) is 1.88. The summed E-state index contributed by atoms with van der Waals surface area (Å²) in [7, 11) is 0. The van der Waals surface area contributed by atoms with Crippen molar-refractivity contribution in [3.05, 3.63) is 48.0 Å². The van der Waals surface area contributed by atoms with Gasteiger partial charge in [0.05, 0.1) is 5.52 Å². The van der Waals surface area contributed by atoms with Crippen molar-refractivity contribution >= 4 is 21.8 Å². The topological polar surface area (TPSA) is 15.8 Å². The highest BCUT2D eigenvalue weighted by Crippen LogP contribution is 2.27. The minimum absolute atomic E-state index is 0.806. The second-order valence-corrected chi connectivity index (χ2v) is 4.11. The molecule has 3 aromatic rings. The molecule has 17 heavy (non-hydrogen) atoms. The zero-order valence-corrected chi connectivity index (χ0v) is 9.75. The van der Waals surface area contributed by atoms with E-state index >= 15 is 0 Å². The Hall–Kier alpha value is -2.20. The molecular weight excluding hydrogens is 206 g/mol. The third kappa shape index (κ3) is 1.59. The van der Waals surface area contributed by atoms with Crippen LogP contribution in [-0.4, -0.2) is 4.98 Å². The molecule has 0 fully saturated rings. The first kappa shape index (κ1) is 9.99. The molecule has 0 atom stereocenters. The van der Waals surface area contributed by atoms with Gasteiger partial charge in [0.15, 0.2) is 0 Å². The van der Waals surface area contributed by atoms with Crippen molar-refractivity contribution in [2.24, 2.45) is 0 Å². The Morgan fingerprint density at radius 2 is 1.82 bits per heavy atom. The highest BCUT2D eigenvalue weighted by Gasteiger charge is 2.06. The molecule has 82 valence electrons. The lowest BCUT2D eigenvalue weighted by Gasteiger charge is -1.97. The second-order valence-electron chi connectivity index (χ2n) is 4.11. The fraction of sp³-hybridized carbons (Fsp3) is 0.125. The summed E-state index contributed by atoms with van der Waals surface area (Å²) in [6.07, 6.45) is 0.806. The molecule has 1 heteroatoms. The van der Waals surface area contributed by atoms with E-state index < -0.39 is 0 Å². The van der Waals surface area contributed by atoms with E-state index in [9.17, 15) is 0 Å². The van der Waals surface area contributed by atoms with Crippen LogP contribution < -0.4 is 0 Å². The largest absolute Gasteiger partial charge is 0.354 e. The molecule has 3 rings (SSSR count). The van der Waals surface area contributed by atoms with Gasteiger partial charge in [-0.3, -0.25) is 0 Å². The number of fused-ring (bicyclic) bond motifs is 3. The summed E-state index contributed by atoms with van der Waals surface area (Å²) in [5, 5.41) is 2.57. The number of para-hydroxylation sites is 2. The number of H-pyrrole nitrogens is 1. The van der Waals surface area contributed by atoms with E-state index in [1.807, 2.05) is 6.92 Å². The summed E-state index contributed by atoms with van der Waals surface area (Å²) in [6, 6.07) is 14.8. The van der Waals surface area contributed by atoms with Crippen LogP contribution in [-0.2, 0) is 6.42 Å². The van der Waals surface area contributed by atoms with Gasteiger partial charge in [-0.25, -0.2) is 0 Å². The van der Waals surface area contributed by atoms with Crippen LogP contribution >= 0.6 is 0 Å². The van der Waals surface area contributed by atoms with E-state index in [4.69, 9.17) is 0 Å². The average molecular weight is 219 g/mol. The van der Waals surface area contributed by atoms with Crippen LogP contribution in [0.5, 0.6) is 0 Å². The first-order chi connectivity index (χ1) is 8.40. The van der Waals surface area contributed by atoms with E-state index in [1.54, 1.807) is 0 Å². The van der Waals surface area contributed by atoms with Crippen molar-refractivity contribution in [3.63, 3.8) is 0 Å². The van der Waals surface area contributed by atoms with Crippen molar-refractivity contribution in [3.8, 4) is 11.8 Å². The van der Waals surface area contributed by atoms with Crippen molar-refractivity contribution in [1.82, 2.24) is 4.98 Å². The molecule has 1 N–H and O–H groups in total. The molecule has 1 heterocycles. The van der Waals surface area contributed by atoms with Gasteiger partial charge in [-0.05, 0) is 18.6 Å². The molecule has 0 unspecified atom stereocenters. The predicted octanol–water partition coefficient (Wildman–Crippen LogP) is 3.89. The Kier molecular flexibility index (Phi) is 2.34. The monoisotopic (exact) mass is 219 g/mol. The molecule has 2 aromatic carbocycles. The second kappa shape index (κ2) is 3.99. The molecule has 0 spiro atoms. The number of aromatic nitrogens is 1. The van der Waals surface area contributed by atoms with Crippen LogP contribution in [0.2, 0.25) is 0 Å². The maximum absolute atomic E-state index is 3.49. The summed E-state index contributed by atoms with van der Waals surface area (Å²) in [5.74, 6) is 6.08. The number of nitrogens with one attached hydrogen (secondary N) is 1. The smallest absolute Gasteiger partial charge is 0.0507 e. The van der Waals surface area contributed by atoms with Crippen molar-refractivity contribution in [1.29, 1.82) is 0 Å². The van der Waals surface area contributed by atoms with Crippen molar-refractivity contribution < 1.29 is 0 Å². The molecule has 0 amide bonds. The van der Waals surface area contributed by atoms with Gasteiger partial charge in [-0.15, -0.1) is 5.92 Å². The summed E-state index contributed by atoms with van der Waals surface area (Å²) >= 11 is 0. The molecule has 0 aliphatic carbocycles. The van der Waals surface area contributed by atoms with Gasteiger partial charge in [0.2, 0.25) is 0 Å². The molecule has 0 saturated heterocycles. The molecule has 0 aliphatic rings. The zero-order chi connectivity index (χ0) is 11.7. The number of hydrogen-bond donors (Lipinski definition) is 1. The number of benzene rings is 2. The summed E-state index contributed by atoms with van der Waals surface area (Å²) < 4.78 is 0. The molecule has 1 nitrogen and oxygen atoms in total. The Morgan fingerprint density at radius 1 is 1.00 bits per heavy atom. The molecular formula is C16H13N. The maximum Gasteiger partial charge on any atom is 0.0507 e. The SMILES string of the molecule is CC#CCc1cccc2c1[nH]c1ccccc12. The van der Waals surface area contributed by atoms with Gasteiger partial charge in [0.1, 0.15) is 0 Å². The number of rotatable bonds is 1. The normalized spacial score (nSPS) is 10.4. The Bertz CT molecular complexity index is 738. The third-order valence-corrected chi connectivity index (χ3v) is 3.08. The Labute approximate surface area is 100 Å². The lowest BCUT2D eigenvalue weighted by molar-refractivity contribution is 1.33. The fourth-order valence-corrected chi connectivity index (χ4v) is 2.26. The molecule has 0 bridgehead atoms. The molecule has 0 saturated carbocycles. The first-order valence-corrected chi connectivity index (χ1v) is 5.78. The molecule has 1 aromatic heterocycles. The first-order valence-electron chi connectivity index (χ1n) is 5.78. The van der Waals surface area contributed by atoms with Gasteiger partial charge in [0.25, 0.3) is 0 Å². The van der Waals surface area contributed by atoms with E-state index in [2.05, 4.69) is 59.3 Å². The number of aromatic amines is 1. The lowest BCUT2D eigenvalue weighted by Crippen LogP contribution is -1.83. The highest BCUT2D eigenvalue weighted by molar-refractivity contribution is 6.08. The predicted molar refractivity (Wildman–Crippen MR) is 73.0 cm³/mol. The maximum atomic E-state index is 3.49. The van der Waals surface area contributed by atoms with Gasteiger partial charge in [-0.2, -0.15) is 0 Å². The fourth-order valence-electron chi connectivity index (χ4n) is 2.26. The average Bonchev–Trinajstić information content (AvgIpc) is 2.75. The molecule has 0 radical (unpaired) electrons. The Morgan fingerprint density at radius 3 is 2.71 bits per heavy atom. The van der Waals surface area contributed by atoms with Gasteiger partial charge in [0, 0.05) is 22.7 Å². The van der Waals surface area contributed by atoms with Gasteiger partial charge < -0.3 is 4.98 Å². The van der Waals surface area contributed by atoms with Crippen LogP contribution in [0, 0.1) is 11.8 Å². The van der Waals surface area contributed by atoms with Gasteiger partial charge in [-0.1, -0.05) is 42.3 Å². The van der Waals surface area contributed by atoms with Crippen LogP contribution in [0.3, 0.4) is 0 Å². The highest BCUT2D eigenvalue weighted by atomic mass is 14.7. The van der Waals surface area contributed by atoms with E-state index in [0.29, 0.717) is 0 Å². The number of hydrogen-bond acceptors (Lipinski definition) is 0. The molecule has 0 aliphatic heterocycles. The van der Waals surface area contributed by atoms with E-state index in [-0.39, 0.29) is 0 Å². The zero-order valence-electron chi connectivity index (χ0n) is 9.75. The van der Waals surface area contributed by atoms with Crippen LogP contribution in [0.25, 0.3) is 21.8 Å².